The number of hydrogen-bond acceptors (Lipinski definition) is 1. The van der Waals surface area contributed by atoms with Crippen LogP contribution in [0.5, 0.6) is 11.5 Å². The molecule has 2 aromatic heterocycles. The smallest absolute Gasteiger partial charge is 0.251 e. The first-order valence-electron chi connectivity index (χ1n) is 17.9. The Morgan fingerprint density at radius 1 is 0.346 bits per heavy atom. The van der Waals surface area contributed by atoms with E-state index in [1.54, 1.807) is 0 Å². The topological polar surface area (TPSA) is 19.1 Å². The third kappa shape index (κ3) is 4.21. The first kappa shape index (κ1) is 29.0. The molecule has 3 nitrogen and oxygen atoms in total. The molecule has 1 aliphatic heterocycles. The van der Waals surface area contributed by atoms with E-state index in [2.05, 4.69) is 197 Å². The number of fused-ring (bicyclic) bond motifs is 8. The summed E-state index contributed by atoms with van der Waals surface area (Å²) in [5, 5.41) is 4.99. The number of aromatic nitrogens is 2. The van der Waals surface area contributed by atoms with Crippen LogP contribution in [0.4, 0.5) is 0 Å². The number of nitrogens with zero attached hydrogens (tertiary/aromatic N) is 2. The van der Waals surface area contributed by atoms with Crippen LogP contribution in [0, 0.1) is 0 Å². The van der Waals surface area contributed by atoms with Crippen molar-refractivity contribution < 1.29 is 4.74 Å². The highest BCUT2D eigenvalue weighted by Gasteiger charge is 2.34. The maximum atomic E-state index is 6.43. The van der Waals surface area contributed by atoms with Crippen LogP contribution in [0.2, 0.25) is 0 Å². The average molecular weight is 663 g/mol. The molecule has 0 unspecified atom stereocenters. The molecule has 0 amide bonds. The summed E-state index contributed by atoms with van der Waals surface area (Å²) in [6.07, 6.45) is 0. The van der Waals surface area contributed by atoms with Gasteiger partial charge in [-0.1, -0.05) is 139 Å². The van der Waals surface area contributed by atoms with Crippen LogP contribution >= 0.6 is 0 Å². The summed E-state index contributed by atoms with van der Waals surface area (Å²) in [5.41, 5.74) is 13.1. The van der Waals surface area contributed by atoms with Gasteiger partial charge in [0, 0.05) is 32.8 Å². The molecule has 0 fully saturated rings. The van der Waals surface area contributed by atoms with Crippen molar-refractivity contribution >= 4 is 66.7 Å². The Morgan fingerprint density at radius 3 is 1.46 bits per heavy atom. The molecule has 4 heteroatoms. The number of rotatable bonds is 4. The second-order valence-electron chi connectivity index (χ2n) is 13.6. The molecule has 242 valence electrons. The lowest BCUT2D eigenvalue weighted by Gasteiger charge is -2.28. The molecule has 8 aromatic carbocycles. The third-order valence-electron chi connectivity index (χ3n) is 10.9. The molecular weight excluding hydrogens is 631 g/mol. The van der Waals surface area contributed by atoms with Gasteiger partial charge in [-0.15, -0.1) is 0 Å². The van der Waals surface area contributed by atoms with Gasteiger partial charge in [0.2, 0.25) is 0 Å². The van der Waals surface area contributed by atoms with E-state index in [1.807, 2.05) is 0 Å². The molecule has 52 heavy (non-hydrogen) atoms. The maximum absolute atomic E-state index is 6.43. The van der Waals surface area contributed by atoms with Crippen molar-refractivity contribution in [3.8, 4) is 34.0 Å². The minimum Gasteiger partial charge on any atom is -0.458 e. The van der Waals surface area contributed by atoms with Crippen LogP contribution < -0.4 is 21.1 Å². The van der Waals surface area contributed by atoms with Gasteiger partial charge in [0.25, 0.3) is 6.71 Å². The largest absolute Gasteiger partial charge is 0.458 e. The van der Waals surface area contributed by atoms with Crippen LogP contribution in [-0.2, 0) is 0 Å². The van der Waals surface area contributed by atoms with Gasteiger partial charge in [-0.25, -0.2) is 0 Å². The molecular formula is C48H31BN2O. The monoisotopic (exact) mass is 662 g/mol. The second-order valence-corrected chi connectivity index (χ2v) is 13.6. The Morgan fingerprint density at radius 2 is 0.808 bits per heavy atom. The normalized spacial score (nSPS) is 12.3. The summed E-state index contributed by atoms with van der Waals surface area (Å²) < 4.78 is 11.3. The highest BCUT2D eigenvalue weighted by atomic mass is 16.5. The maximum Gasteiger partial charge on any atom is 0.251 e. The quantitative estimate of drug-likeness (QED) is 0.172. The standard InChI is InChI=1S/C48H31BN2O/c1-6-20-39(49-40-21-7-13-27-47(40)52-48-28-14-8-22-41(48)49)33(15-1)34-16-2-11-25-44(34)51-45-26-12-5-19-37(45)38-31-32(29-30-46(38)51)50-42-23-9-3-17-35(42)36-18-4-10-24-43(36)50/h1-31H. The summed E-state index contributed by atoms with van der Waals surface area (Å²) in [4.78, 5) is 0. The van der Waals surface area contributed by atoms with E-state index in [4.69, 9.17) is 4.74 Å². The summed E-state index contributed by atoms with van der Waals surface area (Å²) in [6.45, 7) is 0.0253. The van der Waals surface area contributed by atoms with Crippen molar-refractivity contribution in [2.45, 2.75) is 0 Å². The van der Waals surface area contributed by atoms with E-state index in [9.17, 15) is 0 Å². The van der Waals surface area contributed by atoms with Crippen molar-refractivity contribution in [2.24, 2.45) is 0 Å². The molecule has 0 radical (unpaired) electrons. The minimum absolute atomic E-state index is 0.0253. The van der Waals surface area contributed by atoms with Crippen molar-refractivity contribution in [3.63, 3.8) is 0 Å². The molecule has 3 heterocycles. The molecule has 0 spiro atoms. The Hall–Kier alpha value is -6.78. The van der Waals surface area contributed by atoms with E-state index in [0.717, 1.165) is 22.9 Å². The predicted octanol–water partition coefficient (Wildman–Crippen LogP) is 10.2. The number of para-hydroxylation sites is 6. The van der Waals surface area contributed by atoms with Gasteiger partial charge in [-0.3, -0.25) is 0 Å². The first-order valence-corrected chi connectivity index (χ1v) is 17.9. The van der Waals surface area contributed by atoms with Crippen LogP contribution in [-0.4, -0.2) is 15.8 Å². The predicted molar refractivity (Wildman–Crippen MR) is 218 cm³/mol. The van der Waals surface area contributed by atoms with Crippen LogP contribution in [0.15, 0.2) is 188 Å². The molecule has 1 aliphatic rings. The van der Waals surface area contributed by atoms with Gasteiger partial charge in [0.1, 0.15) is 11.5 Å². The van der Waals surface area contributed by atoms with Gasteiger partial charge >= 0.3 is 0 Å². The van der Waals surface area contributed by atoms with E-state index < -0.39 is 0 Å². The van der Waals surface area contributed by atoms with Crippen molar-refractivity contribution in [1.29, 1.82) is 0 Å². The number of ether oxygens (including phenoxy) is 1. The summed E-state index contributed by atoms with van der Waals surface area (Å²) in [7, 11) is 0. The lowest BCUT2D eigenvalue weighted by molar-refractivity contribution is 0.487. The molecule has 0 aliphatic carbocycles. The van der Waals surface area contributed by atoms with Crippen LogP contribution in [0.25, 0.3) is 66.1 Å². The number of hydrogen-bond donors (Lipinski definition) is 0. The van der Waals surface area contributed by atoms with E-state index in [1.165, 1.54) is 71.1 Å². The molecule has 0 atom stereocenters. The fourth-order valence-electron chi connectivity index (χ4n) is 8.70. The molecule has 0 bridgehead atoms. The highest BCUT2D eigenvalue weighted by molar-refractivity contribution is 6.97. The zero-order valence-electron chi connectivity index (χ0n) is 28.3. The van der Waals surface area contributed by atoms with E-state index in [0.29, 0.717) is 0 Å². The number of benzene rings is 8. The van der Waals surface area contributed by atoms with E-state index >= 15 is 0 Å². The minimum atomic E-state index is 0.0253. The lowest BCUT2D eigenvalue weighted by atomic mass is 9.35. The molecule has 10 aromatic rings. The van der Waals surface area contributed by atoms with Crippen LogP contribution in [0.3, 0.4) is 0 Å². The zero-order chi connectivity index (χ0) is 34.2. The van der Waals surface area contributed by atoms with Crippen molar-refractivity contribution in [1.82, 2.24) is 9.13 Å². The fourth-order valence-corrected chi connectivity index (χ4v) is 8.70. The van der Waals surface area contributed by atoms with Crippen molar-refractivity contribution in [2.75, 3.05) is 0 Å². The zero-order valence-corrected chi connectivity index (χ0v) is 28.3. The molecule has 0 saturated heterocycles. The SMILES string of the molecule is c1ccc2c(c1)Oc1ccccc1B2c1ccccc1-c1ccccc1-n1c2ccccc2c2cc(-n3c4ccccc4c4ccccc43)ccc21. The molecule has 0 saturated carbocycles. The van der Waals surface area contributed by atoms with Gasteiger partial charge in [-0.05, 0) is 71.1 Å². The second kappa shape index (κ2) is 11.4. The van der Waals surface area contributed by atoms with Gasteiger partial charge < -0.3 is 13.9 Å². The summed E-state index contributed by atoms with van der Waals surface area (Å²) in [5.74, 6) is 1.83. The first-order chi connectivity index (χ1) is 25.8. The lowest BCUT2D eigenvalue weighted by Crippen LogP contribution is -2.55. The van der Waals surface area contributed by atoms with Gasteiger partial charge in [0.05, 0.1) is 27.8 Å². The van der Waals surface area contributed by atoms with Gasteiger partial charge in [-0.2, -0.15) is 0 Å². The Labute approximate surface area is 301 Å². The third-order valence-corrected chi connectivity index (χ3v) is 10.9. The average Bonchev–Trinajstić information content (AvgIpc) is 3.72. The van der Waals surface area contributed by atoms with E-state index in [-0.39, 0.29) is 6.71 Å². The van der Waals surface area contributed by atoms with Crippen LogP contribution in [0.1, 0.15) is 0 Å². The Bertz CT molecular complexity index is 2930. The summed E-state index contributed by atoms with van der Waals surface area (Å²) in [6, 6.07) is 67.9. The van der Waals surface area contributed by atoms with Crippen molar-refractivity contribution in [3.05, 3.63) is 188 Å². The molecule has 11 rings (SSSR count). The van der Waals surface area contributed by atoms with Gasteiger partial charge in [0.15, 0.2) is 0 Å². The highest BCUT2D eigenvalue weighted by Crippen LogP contribution is 2.39. The molecule has 0 N–H and O–H groups in total. The Balaban J connectivity index is 1.14. The fraction of sp³-hybridized carbons (Fsp3) is 0. The summed E-state index contributed by atoms with van der Waals surface area (Å²) >= 11 is 0. The Kier molecular flexibility index (Phi) is 6.35.